The van der Waals surface area contributed by atoms with E-state index in [1.807, 2.05) is 24.3 Å². The van der Waals surface area contributed by atoms with Gasteiger partial charge in [0.2, 0.25) is 5.91 Å². The summed E-state index contributed by atoms with van der Waals surface area (Å²) in [5.74, 6) is 1.01. The number of nitrogens with zero attached hydrogens (tertiary/aromatic N) is 1. The molecule has 1 heterocycles. The second-order valence-corrected chi connectivity index (χ2v) is 6.22. The van der Waals surface area contributed by atoms with Gasteiger partial charge in [0, 0.05) is 17.6 Å². The summed E-state index contributed by atoms with van der Waals surface area (Å²) in [6, 6.07) is 7.83. The lowest BCUT2D eigenvalue weighted by atomic mass is 10.2. The van der Waals surface area contributed by atoms with E-state index in [0.717, 1.165) is 44.5 Å². The van der Waals surface area contributed by atoms with Gasteiger partial charge in [0.25, 0.3) is 0 Å². The second-order valence-electron chi connectivity index (χ2n) is 5.78. The standard InChI is InChI=1S/C16H21ClN2O2/c17-12-3-7-14(8-4-12)21-11-10-19-9-1-2-15(19)16(20)18-13-5-6-13/h3-4,7-8,13,15H,1-2,5-6,9-11H2,(H,18,20). The average Bonchev–Trinajstić information content (AvgIpc) is 3.16. The molecular weight excluding hydrogens is 288 g/mol. The number of halogens is 1. The molecule has 0 radical (unpaired) electrons. The van der Waals surface area contributed by atoms with E-state index in [1.165, 1.54) is 0 Å². The molecule has 1 aliphatic carbocycles. The fourth-order valence-corrected chi connectivity index (χ4v) is 2.85. The number of amides is 1. The first-order valence-electron chi connectivity index (χ1n) is 7.65. The monoisotopic (exact) mass is 308 g/mol. The smallest absolute Gasteiger partial charge is 0.237 e. The highest BCUT2D eigenvalue weighted by molar-refractivity contribution is 6.30. The third kappa shape index (κ3) is 4.11. The summed E-state index contributed by atoms with van der Waals surface area (Å²) in [5.41, 5.74) is 0. The van der Waals surface area contributed by atoms with Crippen LogP contribution in [0.5, 0.6) is 5.75 Å². The molecule has 0 bridgehead atoms. The van der Waals surface area contributed by atoms with Gasteiger partial charge in [-0.1, -0.05) is 11.6 Å². The quantitative estimate of drug-likeness (QED) is 0.878. The molecule has 1 unspecified atom stereocenters. The van der Waals surface area contributed by atoms with Gasteiger partial charge in [-0.15, -0.1) is 0 Å². The molecule has 114 valence electrons. The Morgan fingerprint density at radius 1 is 1.29 bits per heavy atom. The van der Waals surface area contributed by atoms with E-state index in [0.29, 0.717) is 17.7 Å². The van der Waals surface area contributed by atoms with Gasteiger partial charge in [0.15, 0.2) is 0 Å². The van der Waals surface area contributed by atoms with E-state index >= 15 is 0 Å². The first-order chi connectivity index (χ1) is 10.2. The zero-order chi connectivity index (χ0) is 14.7. The van der Waals surface area contributed by atoms with Crippen LogP contribution in [0.1, 0.15) is 25.7 Å². The zero-order valence-electron chi connectivity index (χ0n) is 12.1. The van der Waals surface area contributed by atoms with Crippen molar-refractivity contribution in [3.05, 3.63) is 29.3 Å². The minimum absolute atomic E-state index is 0.0272. The number of carbonyl (C=O) groups is 1. The third-order valence-electron chi connectivity index (χ3n) is 4.05. The van der Waals surface area contributed by atoms with Crippen molar-refractivity contribution in [1.29, 1.82) is 0 Å². The highest BCUT2D eigenvalue weighted by Crippen LogP contribution is 2.22. The van der Waals surface area contributed by atoms with E-state index in [-0.39, 0.29) is 11.9 Å². The molecule has 21 heavy (non-hydrogen) atoms. The van der Waals surface area contributed by atoms with Gasteiger partial charge in [0.05, 0.1) is 6.04 Å². The summed E-state index contributed by atoms with van der Waals surface area (Å²) in [5, 5.41) is 3.81. The minimum Gasteiger partial charge on any atom is -0.492 e. The number of rotatable bonds is 6. The average molecular weight is 309 g/mol. The fourth-order valence-electron chi connectivity index (χ4n) is 2.73. The number of nitrogens with one attached hydrogen (secondary N) is 1. The fraction of sp³-hybridized carbons (Fsp3) is 0.562. The predicted molar refractivity (Wildman–Crippen MR) is 82.7 cm³/mol. The summed E-state index contributed by atoms with van der Waals surface area (Å²) >= 11 is 5.84. The highest BCUT2D eigenvalue weighted by atomic mass is 35.5. The van der Waals surface area contributed by atoms with Gasteiger partial charge in [-0.2, -0.15) is 0 Å². The zero-order valence-corrected chi connectivity index (χ0v) is 12.8. The van der Waals surface area contributed by atoms with Crippen LogP contribution in [0.4, 0.5) is 0 Å². The Bertz CT molecular complexity index is 488. The van der Waals surface area contributed by atoms with Crippen molar-refractivity contribution < 1.29 is 9.53 Å². The molecule has 4 nitrogen and oxygen atoms in total. The van der Waals surface area contributed by atoms with E-state index in [1.54, 1.807) is 0 Å². The maximum absolute atomic E-state index is 12.2. The van der Waals surface area contributed by atoms with Gasteiger partial charge < -0.3 is 10.1 Å². The van der Waals surface area contributed by atoms with Crippen molar-refractivity contribution in [3.63, 3.8) is 0 Å². The Hall–Kier alpha value is -1.26. The largest absolute Gasteiger partial charge is 0.492 e. The van der Waals surface area contributed by atoms with Gasteiger partial charge in [0.1, 0.15) is 12.4 Å². The number of likely N-dealkylation sites (tertiary alicyclic amines) is 1. The molecular formula is C16H21ClN2O2. The molecule has 1 aromatic carbocycles. The number of carbonyl (C=O) groups excluding carboxylic acids is 1. The van der Waals surface area contributed by atoms with Crippen LogP contribution in [0.3, 0.4) is 0 Å². The van der Waals surface area contributed by atoms with Crippen molar-refractivity contribution in [1.82, 2.24) is 10.2 Å². The first kappa shape index (κ1) is 14.7. The maximum Gasteiger partial charge on any atom is 0.237 e. The van der Waals surface area contributed by atoms with Crippen molar-refractivity contribution in [2.45, 2.75) is 37.8 Å². The van der Waals surface area contributed by atoms with Gasteiger partial charge >= 0.3 is 0 Å². The van der Waals surface area contributed by atoms with Crippen LogP contribution in [0.15, 0.2) is 24.3 Å². The van der Waals surface area contributed by atoms with Crippen LogP contribution >= 0.6 is 11.6 Å². The van der Waals surface area contributed by atoms with Crippen LogP contribution in [-0.2, 0) is 4.79 Å². The highest BCUT2D eigenvalue weighted by Gasteiger charge is 2.33. The van der Waals surface area contributed by atoms with E-state index in [9.17, 15) is 4.79 Å². The van der Waals surface area contributed by atoms with Crippen LogP contribution in [-0.4, -0.2) is 42.6 Å². The van der Waals surface area contributed by atoms with Crippen LogP contribution in [0, 0.1) is 0 Å². The number of ether oxygens (including phenoxy) is 1. The normalized spacial score (nSPS) is 22.2. The number of hydrogen-bond donors (Lipinski definition) is 1. The van der Waals surface area contributed by atoms with E-state index in [2.05, 4.69) is 10.2 Å². The van der Waals surface area contributed by atoms with E-state index in [4.69, 9.17) is 16.3 Å². The molecule has 0 aromatic heterocycles. The summed E-state index contributed by atoms with van der Waals surface area (Å²) in [4.78, 5) is 14.4. The molecule has 1 atom stereocenters. The Labute approximate surface area is 130 Å². The molecule has 0 spiro atoms. The third-order valence-corrected chi connectivity index (χ3v) is 4.30. The molecule has 2 fully saturated rings. The van der Waals surface area contributed by atoms with Crippen molar-refractivity contribution in [2.24, 2.45) is 0 Å². The molecule has 1 aliphatic heterocycles. The molecule has 1 N–H and O–H groups in total. The lowest BCUT2D eigenvalue weighted by molar-refractivity contribution is -0.125. The topological polar surface area (TPSA) is 41.6 Å². The Kier molecular flexibility index (Phi) is 4.66. The Morgan fingerprint density at radius 2 is 2.05 bits per heavy atom. The van der Waals surface area contributed by atoms with Gasteiger partial charge in [-0.3, -0.25) is 9.69 Å². The second kappa shape index (κ2) is 6.67. The molecule has 1 saturated heterocycles. The first-order valence-corrected chi connectivity index (χ1v) is 8.03. The van der Waals surface area contributed by atoms with Crippen LogP contribution < -0.4 is 10.1 Å². The maximum atomic E-state index is 12.2. The Morgan fingerprint density at radius 3 is 2.76 bits per heavy atom. The summed E-state index contributed by atoms with van der Waals surface area (Å²) < 4.78 is 5.71. The van der Waals surface area contributed by atoms with Gasteiger partial charge in [-0.25, -0.2) is 0 Å². The number of benzene rings is 1. The van der Waals surface area contributed by atoms with Gasteiger partial charge in [-0.05, 0) is 56.5 Å². The van der Waals surface area contributed by atoms with Crippen LogP contribution in [0.25, 0.3) is 0 Å². The minimum atomic E-state index is 0.0272. The lowest BCUT2D eigenvalue weighted by Crippen LogP contribution is -2.45. The van der Waals surface area contributed by atoms with Crippen molar-refractivity contribution >= 4 is 17.5 Å². The summed E-state index contributed by atoms with van der Waals surface area (Å²) in [6.07, 6.45) is 4.32. The lowest BCUT2D eigenvalue weighted by Gasteiger charge is -2.23. The molecule has 1 saturated carbocycles. The molecule has 5 heteroatoms. The number of hydrogen-bond acceptors (Lipinski definition) is 3. The van der Waals surface area contributed by atoms with Crippen molar-refractivity contribution in [3.8, 4) is 5.75 Å². The van der Waals surface area contributed by atoms with Crippen molar-refractivity contribution in [2.75, 3.05) is 19.7 Å². The molecule has 3 rings (SSSR count). The van der Waals surface area contributed by atoms with Crippen LogP contribution in [0.2, 0.25) is 5.02 Å². The molecule has 1 aromatic rings. The predicted octanol–water partition coefficient (Wildman–Crippen LogP) is 2.46. The van der Waals surface area contributed by atoms with E-state index < -0.39 is 0 Å². The summed E-state index contributed by atoms with van der Waals surface area (Å²) in [7, 11) is 0. The molecule has 2 aliphatic rings. The SMILES string of the molecule is O=C(NC1CC1)C1CCCN1CCOc1ccc(Cl)cc1. The summed E-state index contributed by atoms with van der Waals surface area (Å²) in [6.45, 7) is 2.35. The molecule has 1 amide bonds. The Balaban J connectivity index is 1.45.